The molecule has 0 saturated heterocycles. The summed E-state index contributed by atoms with van der Waals surface area (Å²) in [7, 11) is 0. The summed E-state index contributed by atoms with van der Waals surface area (Å²) in [6, 6.07) is 17.5. The largest absolute Gasteiger partial charge is 0.463 e. The SMILES string of the molecule is CC(C)CCCCCOC(=O)/C=C/c1cccc(-c2ccccc2C#N)c1. The van der Waals surface area contributed by atoms with Gasteiger partial charge >= 0.3 is 5.97 Å². The lowest BCUT2D eigenvalue weighted by atomic mass is 9.98. The van der Waals surface area contributed by atoms with E-state index < -0.39 is 0 Å². The molecule has 2 aromatic rings. The van der Waals surface area contributed by atoms with E-state index in [2.05, 4.69) is 19.9 Å². The van der Waals surface area contributed by atoms with Gasteiger partial charge in [-0.15, -0.1) is 0 Å². The Morgan fingerprint density at radius 1 is 1.11 bits per heavy atom. The molecule has 140 valence electrons. The van der Waals surface area contributed by atoms with Crippen molar-refractivity contribution in [1.82, 2.24) is 0 Å². The fourth-order valence-corrected chi connectivity index (χ4v) is 2.86. The number of carbonyl (C=O) groups is 1. The van der Waals surface area contributed by atoms with Crippen LogP contribution < -0.4 is 0 Å². The fourth-order valence-electron chi connectivity index (χ4n) is 2.86. The smallest absolute Gasteiger partial charge is 0.330 e. The lowest BCUT2D eigenvalue weighted by Gasteiger charge is -2.05. The van der Waals surface area contributed by atoms with Crippen molar-refractivity contribution < 1.29 is 9.53 Å². The summed E-state index contributed by atoms with van der Waals surface area (Å²) < 4.78 is 5.25. The zero-order valence-electron chi connectivity index (χ0n) is 16.2. The van der Waals surface area contributed by atoms with Gasteiger partial charge < -0.3 is 4.74 Å². The number of nitriles is 1. The highest BCUT2D eigenvalue weighted by atomic mass is 16.5. The minimum absolute atomic E-state index is 0.318. The average Bonchev–Trinajstić information content (AvgIpc) is 2.69. The minimum atomic E-state index is -0.318. The maximum Gasteiger partial charge on any atom is 0.330 e. The topological polar surface area (TPSA) is 50.1 Å². The molecule has 0 amide bonds. The number of rotatable bonds is 9. The Balaban J connectivity index is 1.88. The van der Waals surface area contributed by atoms with Crippen LogP contribution in [0.1, 0.15) is 50.7 Å². The molecule has 0 aliphatic carbocycles. The Kier molecular flexibility index (Phi) is 8.32. The highest BCUT2D eigenvalue weighted by Crippen LogP contribution is 2.24. The molecule has 0 radical (unpaired) electrons. The Morgan fingerprint density at radius 3 is 2.70 bits per heavy atom. The molecule has 0 aliphatic heterocycles. The molecule has 0 aromatic heterocycles. The van der Waals surface area contributed by atoms with Crippen LogP contribution >= 0.6 is 0 Å². The van der Waals surface area contributed by atoms with E-state index in [1.54, 1.807) is 12.1 Å². The molecule has 0 spiro atoms. The van der Waals surface area contributed by atoms with Crippen LogP contribution in [0.3, 0.4) is 0 Å². The third-order valence-electron chi connectivity index (χ3n) is 4.33. The second-order valence-corrected chi connectivity index (χ2v) is 7.03. The summed E-state index contributed by atoms with van der Waals surface area (Å²) in [4.78, 5) is 11.9. The van der Waals surface area contributed by atoms with Gasteiger partial charge in [0, 0.05) is 6.08 Å². The number of carbonyl (C=O) groups excluding carboxylic acids is 1. The standard InChI is InChI=1S/C24H27NO2/c1-19(2)9-4-3-7-16-27-24(26)15-14-20-10-8-12-21(17-20)23-13-6-5-11-22(23)18-25/h5-6,8,10-15,17,19H,3-4,7,9,16H2,1-2H3/b15-14+. The van der Waals surface area contributed by atoms with Gasteiger partial charge in [0.1, 0.15) is 0 Å². The van der Waals surface area contributed by atoms with E-state index in [1.807, 2.05) is 42.5 Å². The lowest BCUT2D eigenvalue weighted by Crippen LogP contribution is -2.02. The van der Waals surface area contributed by atoms with Crippen LogP contribution in [0.2, 0.25) is 0 Å². The molecule has 2 rings (SSSR count). The quantitative estimate of drug-likeness (QED) is 0.313. The number of esters is 1. The van der Waals surface area contributed by atoms with Gasteiger partial charge in [-0.1, -0.05) is 69.5 Å². The average molecular weight is 361 g/mol. The van der Waals surface area contributed by atoms with E-state index in [0.717, 1.165) is 35.4 Å². The number of hydrogen-bond donors (Lipinski definition) is 0. The van der Waals surface area contributed by atoms with Crippen molar-refractivity contribution in [2.45, 2.75) is 39.5 Å². The molecule has 0 saturated carbocycles. The second-order valence-electron chi connectivity index (χ2n) is 7.03. The van der Waals surface area contributed by atoms with Crippen molar-refractivity contribution in [3.63, 3.8) is 0 Å². The molecule has 27 heavy (non-hydrogen) atoms. The minimum Gasteiger partial charge on any atom is -0.463 e. The number of hydrogen-bond acceptors (Lipinski definition) is 3. The fraction of sp³-hybridized carbons (Fsp3) is 0.333. The third kappa shape index (κ3) is 7.11. The molecule has 0 bridgehead atoms. The first-order chi connectivity index (χ1) is 13.1. The monoisotopic (exact) mass is 361 g/mol. The Labute approximate surface area is 162 Å². The predicted molar refractivity (Wildman–Crippen MR) is 110 cm³/mol. The number of unbranched alkanes of at least 4 members (excludes halogenated alkanes) is 2. The van der Waals surface area contributed by atoms with Crippen molar-refractivity contribution in [3.05, 3.63) is 65.7 Å². The van der Waals surface area contributed by atoms with Gasteiger partial charge in [0.25, 0.3) is 0 Å². The van der Waals surface area contributed by atoms with Crippen molar-refractivity contribution >= 4 is 12.0 Å². The number of ether oxygens (including phenoxy) is 1. The van der Waals surface area contributed by atoms with Crippen molar-refractivity contribution in [1.29, 1.82) is 5.26 Å². The first kappa shape index (κ1) is 20.5. The van der Waals surface area contributed by atoms with Crippen LogP contribution in [0.25, 0.3) is 17.2 Å². The molecule has 0 heterocycles. The normalized spacial score (nSPS) is 10.9. The zero-order chi connectivity index (χ0) is 19.5. The third-order valence-corrected chi connectivity index (χ3v) is 4.33. The molecule has 0 atom stereocenters. The maximum atomic E-state index is 11.9. The summed E-state index contributed by atoms with van der Waals surface area (Å²) in [5.41, 5.74) is 3.37. The second kappa shape index (κ2) is 11.0. The molecular formula is C24H27NO2. The van der Waals surface area contributed by atoms with Gasteiger partial charge in [0.05, 0.1) is 18.2 Å². The van der Waals surface area contributed by atoms with Crippen LogP contribution in [-0.4, -0.2) is 12.6 Å². The van der Waals surface area contributed by atoms with E-state index in [0.29, 0.717) is 12.2 Å². The molecule has 3 heteroatoms. The number of benzene rings is 2. The van der Waals surface area contributed by atoms with E-state index >= 15 is 0 Å². The first-order valence-electron chi connectivity index (χ1n) is 9.54. The summed E-state index contributed by atoms with van der Waals surface area (Å²) in [5, 5.41) is 9.26. The van der Waals surface area contributed by atoms with Gasteiger partial charge in [-0.2, -0.15) is 5.26 Å². The maximum absolute atomic E-state index is 11.9. The first-order valence-corrected chi connectivity index (χ1v) is 9.54. The highest BCUT2D eigenvalue weighted by Gasteiger charge is 2.04. The van der Waals surface area contributed by atoms with Gasteiger partial charge in [-0.05, 0) is 47.2 Å². The van der Waals surface area contributed by atoms with Crippen LogP contribution in [-0.2, 0) is 9.53 Å². The van der Waals surface area contributed by atoms with Crippen molar-refractivity contribution in [2.75, 3.05) is 6.61 Å². The molecule has 0 unspecified atom stereocenters. The Hall–Kier alpha value is -2.86. The van der Waals surface area contributed by atoms with E-state index in [1.165, 1.54) is 18.9 Å². The van der Waals surface area contributed by atoms with E-state index in [9.17, 15) is 10.1 Å². The van der Waals surface area contributed by atoms with Gasteiger partial charge in [-0.3, -0.25) is 0 Å². The van der Waals surface area contributed by atoms with Gasteiger partial charge in [0.2, 0.25) is 0 Å². The van der Waals surface area contributed by atoms with Gasteiger partial charge in [0.15, 0.2) is 0 Å². The molecular weight excluding hydrogens is 334 g/mol. The summed E-state index contributed by atoms with van der Waals surface area (Å²) in [6.07, 6.45) is 7.62. The van der Waals surface area contributed by atoms with Gasteiger partial charge in [-0.25, -0.2) is 4.79 Å². The van der Waals surface area contributed by atoms with Crippen LogP contribution in [0.5, 0.6) is 0 Å². The number of nitrogens with zero attached hydrogens (tertiary/aromatic N) is 1. The molecule has 0 N–H and O–H groups in total. The Morgan fingerprint density at radius 2 is 1.93 bits per heavy atom. The molecule has 3 nitrogen and oxygen atoms in total. The molecule has 0 fully saturated rings. The lowest BCUT2D eigenvalue weighted by molar-refractivity contribution is -0.137. The molecule has 0 aliphatic rings. The highest BCUT2D eigenvalue weighted by molar-refractivity contribution is 5.87. The molecule has 2 aromatic carbocycles. The predicted octanol–water partition coefficient (Wildman–Crippen LogP) is 6.00. The van der Waals surface area contributed by atoms with E-state index in [4.69, 9.17) is 4.74 Å². The van der Waals surface area contributed by atoms with Crippen LogP contribution in [0.4, 0.5) is 0 Å². The summed E-state index contributed by atoms with van der Waals surface area (Å²) in [6.45, 7) is 4.91. The van der Waals surface area contributed by atoms with Crippen LogP contribution in [0, 0.1) is 17.2 Å². The van der Waals surface area contributed by atoms with Crippen molar-refractivity contribution in [3.8, 4) is 17.2 Å². The zero-order valence-corrected chi connectivity index (χ0v) is 16.2. The summed E-state index contributed by atoms with van der Waals surface area (Å²) in [5.74, 6) is 0.410. The van der Waals surface area contributed by atoms with Crippen LogP contribution in [0.15, 0.2) is 54.6 Å². The Bertz CT molecular complexity index is 815. The summed E-state index contributed by atoms with van der Waals surface area (Å²) >= 11 is 0. The van der Waals surface area contributed by atoms with Crippen molar-refractivity contribution in [2.24, 2.45) is 5.92 Å². The van der Waals surface area contributed by atoms with E-state index in [-0.39, 0.29) is 5.97 Å².